The molecule has 0 aromatic carbocycles. The van der Waals surface area contributed by atoms with E-state index in [4.69, 9.17) is 4.43 Å². The van der Waals surface area contributed by atoms with Crippen molar-refractivity contribution in [3.05, 3.63) is 11.8 Å². The highest BCUT2D eigenvalue weighted by Gasteiger charge is 2.48. The van der Waals surface area contributed by atoms with Crippen LogP contribution in [0.25, 0.3) is 0 Å². The molecule has 0 radical (unpaired) electrons. The zero-order chi connectivity index (χ0) is 14.5. The quantitative estimate of drug-likeness (QED) is 0.687. The van der Waals surface area contributed by atoms with Gasteiger partial charge in [-0.1, -0.05) is 34.1 Å². The number of hydrogen-bond acceptors (Lipinski definition) is 2. The number of hydrogen-bond donors (Lipinski definition) is 0. The van der Waals surface area contributed by atoms with Crippen molar-refractivity contribution in [2.45, 2.75) is 71.5 Å². The minimum Gasteiger partial charge on any atom is -0.546 e. The standard InChI is InChI=1S/C16H28O2Si/c1-15(2,3)19(5,6)18-13-9-11-16(4)10-7-8-12(13)14(16)17/h9,12H,7-8,10-11H2,1-6H3/t12-,16-/m1/s1. The lowest BCUT2D eigenvalue weighted by Crippen LogP contribution is -2.46. The topological polar surface area (TPSA) is 26.3 Å². The summed E-state index contributed by atoms with van der Waals surface area (Å²) >= 11 is 0. The van der Waals surface area contributed by atoms with Crippen molar-refractivity contribution in [3.8, 4) is 0 Å². The molecule has 0 saturated heterocycles. The Balaban J connectivity index is 2.23. The van der Waals surface area contributed by atoms with Gasteiger partial charge in [0.25, 0.3) is 0 Å². The molecule has 108 valence electrons. The molecule has 0 unspecified atom stereocenters. The number of ketones is 1. The van der Waals surface area contributed by atoms with Crippen LogP contribution in [0, 0.1) is 11.3 Å². The third kappa shape index (κ3) is 2.54. The highest BCUT2D eigenvalue weighted by Crippen LogP contribution is 2.48. The molecule has 0 heterocycles. The maximum atomic E-state index is 12.6. The summed E-state index contributed by atoms with van der Waals surface area (Å²) in [7, 11) is -1.82. The van der Waals surface area contributed by atoms with E-state index in [0.717, 1.165) is 31.4 Å². The molecule has 0 amide bonds. The Bertz CT molecular complexity index is 417. The first-order chi connectivity index (χ1) is 8.57. The van der Waals surface area contributed by atoms with Gasteiger partial charge in [0.15, 0.2) is 0 Å². The van der Waals surface area contributed by atoms with Gasteiger partial charge in [0.1, 0.15) is 5.78 Å². The lowest BCUT2D eigenvalue weighted by Gasteiger charge is -2.44. The van der Waals surface area contributed by atoms with Gasteiger partial charge in [-0.25, -0.2) is 0 Å². The molecule has 0 aliphatic heterocycles. The Morgan fingerprint density at radius 3 is 2.58 bits per heavy atom. The van der Waals surface area contributed by atoms with Crippen LogP contribution in [0.2, 0.25) is 18.1 Å². The zero-order valence-corrected chi connectivity index (χ0v) is 14.3. The van der Waals surface area contributed by atoms with Gasteiger partial charge in [-0.2, -0.15) is 0 Å². The number of carbonyl (C=O) groups excluding carboxylic acids is 1. The van der Waals surface area contributed by atoms with Crippen molar-refractivity contribution in [3.63, 3.8) is 0 Å². The second-order valence-corrected chi connectivity index (χ2v) is 12.8. The Labute approximate surface area is 118 Å². The minimum atomic E-state index is -1.82. The molecule has 0 N–H and O–H groups in total. The Hall–Kier alpha value is -0.573. The van der Waals surface area contributed by atoms with Gasteiger partial charge in [-0.05, 0) is 43.5 Å². The summed E-state index contributed by atoms with van der Waals surface area (Å²) in [6.45, 7) is 13.4. The molecule has 2 aliphatic carbocycles. The summed E-state index contributed by atoms with van der Waals surface area (Å²) in [6.07, 6.45) is 6.27. The summed E-state index contributed by atoms with van der Waals surface area (Å²) in [5, 5.41) is 0.187. The lowest BCUT2D eigenvalue weighted by molar-refractivity contribution is -0.135. The smallest absolute Gasteiger partial charge is 0.250 e. The summed E-state index contributed by atoms with van der Waals surface area (Å²) in [5.74, 6) is 1.46. The minimum absolute atomic E-state index is 0.0432. The molecule has 2 nitrogen and oxygen atoms in total. The van der Waals surface area contributed by atoms with Crippen molar-refractivity contribution >= 4 is 14.1 Å². The first-order valence-electron chi connectivity index (χ1n) is 7.50. The van der Waals surface area contributed by atoms with Crippen LogP contribution in [-0.4, -0.2) is 14.1 Å². The lowest BCUT2D eigenvalue weighted by atomic mass is 9.64. The molecule has 19 heavy (non-hydrogen) atoms. The monoisotopic (exact) mass is 280 g/mol. The van der Waals surface area contributed by atoms with E-state index in [1.165, 1.54) is 0 Å². The van der Waals surface area contributed by atoms with Gasteiger partial charge < -0.3 is 4.43 Å². The molecular weight excluding hydrogens is 252 g/mol. The van der Waals surface area contributed by atoms with Crippen LogP contribution in [0.4, 0.5) is 0 Å². The van der Waals surface area contributed by atoms with Crippen LogP contribution >= 0.6 is 0 Å². The van der Waals surface area contributed by atoms with E-state index in [9.17, 15) is 4.79 Å². The van der Waals surface area contributed by atoms with Gasteiger partial charge in [-0.3, -0.25) is 4.79 Å². The van der Waals surface area contributed by atoms with E-state index in [2.05, 4.69) is 46.9 Å². The fourth-order valence-corrected chi connectivity index (χ4v) is 4.00. The highest BCUT2D eigenvalue weighted by atomic mass is 28.4. The van der Waals surface area contributed by atoms with Crippen molar-refractivity contribution in [2.24, 2.45) is 11.3 Å². The van der Waals surface area contributed by atoms with Crippen LogP contribution in [0.15, 0.2) is 11.8 Å². The average Bonchev–Trinajstić information content (AvgIpc) is 2.24. The van der Waals surface area contributed by atoms with Gasteiger partial charge in [0, 0.05) is 5.41 Å². The molecular formula is C16H28O2Si. The number of allylic oxidation sites excluding steroid dienone is 2. The third-order valence-corrected chi connectivity index (χ3v) is 9.77. The second kappa shape index (κ2) is 4.47. The maximum Gasteiger partial charge on any atom is 0.250 e. The summed E-state index contributed by atoms with van der Waals surface area (Å²) in [4.78, 5) is 12.6. The molecule has 2 aliphatic rings. The summed E-state index contributed by atoms with van der Waals surface area (Å²) in [5.41, 5.74) is -0.108. The SMILES string of the molecule is CC(C)(C)[Si](C)(C)OC1=CC[C@@]2(C)CCC[C@H]1C2=O. The fraction of sp³-hybridized carbons (Fsp3) is 0.812. The van der Waals surface area contributed by atoms with Crippen molar-refractivity contribution in [2.75, 3.05) is 0 Å². The Morgan fingerprint density at radius 1 is 1.37 bits per heavy atom. The molecule has 0 aromatic rings. The van der Waals surface area contributed by atoms with Gasteiger partial charge in [0.2, 0.25) is 8.32 Å². The van der Waals surface area contributed by atoms with E-state index in [-0.39, 0.29) is 16.4 Å². The van der Waals surface area contributed by atoms with Crippen LogP contribution in [0.5, 0.6) is 0 Å². The molecule has 2 rings (SSSR count). The van der Waals surface area contributed by atoms with E-state index in [1.807, 2.05) is 0 Å². The molecule has 2 bridgehead atoms. The number of rotatable bonds is 2. The van der Waals surface area contributed by atoms with E-state index in [0.29, 0.717) is 5.78 Å². The largest absolute Gasteiger partial charge is 0.546 e. The molecule has 3 heteroatoms. The number of Topliss-reactive ketones (excluding diaryl/α,β-unsaturated/α-hetero) is 1. The Morgan fingerprint density at radius 2 is 2.00 bits per heavy atom. The van der Waals surface area contributed by atoms with Crippen LogP contribution in [-0.2, 0) is 9.22 Å². The predicted octanol–water partition coefficient (Wildman–Crippen LogP) is 4.67. The van der Waals surface area contributed by atoms with Gasteiger partial charge in [-0.15, -0.1) is 0 Å². The molecule has 0 spiro atoms. The normalized spacial score (nSPS) is 32.0. The van der Waals surface area contributed by atoms with E-state index in [1.54, 1.807) is 0 Å². The van der Waals surface area contributed by atoms with Crippen LogP contribution in [0.3, 0.4) is 0 Å². The van der Waals surface area contributed by atoms with Crippen molar-refractivity contribution < 1.29 is 9.22 Å². The number of fused-ring (bicyclic) bond motifs is 2. The number of carbonyl (C=O) groups is 1. The summed E-state index contributed by atoms with van der Waals surface area (Å²) in [6, 6.07) is 0. The van der Waals surface area contributed by atoms with Crippen molar-refractivity contribution in [1.29, 1.82) is 0 Å². The first-order valence-corrected chi connectivity index (χ1v) is 10.4. The maximum absolute atomic E-state index is 12.6. The second-order valence-electron chi connectivity index (χ2n) is 8.04. The molecule has 2 atom stereocenters. The fourth-order valence-electron chi connectivity index (χ4n) is 2.87. The third-order valence-electron chi connectivity index (χ3n) is 5.41. The highest BCUT2D eigenvalue weighted by molar-refractivity contribution is 6.74. The molecule has 1 saturated carbocycles. The van der Waals surface area contributed by atoms with Gasteiger partial charge in [0.05, 0.1) is 11.7 Å². The molecule has 1 fully saturated rings. The van der Waals surface area contributed by atoms with E-state index >= 15 is 0 Å². The zero-order valence-electron chi connectivity index (χ0n) is 13.3. The van der Waals surface area contributed by atoms with Crippen LogP contribution in [0.1, 0.15) is 53.4 Å². The average molecular weight is 280 g/mol. The predicted molar refractivity (Wildman–Crippen MR) is 81.4 cm³/mol. The van der Waals surface area contributed by atoms with E-state index < -0.39 is 8.32 Å². The van der Waals surface area contributed by atoms with Gasteiger partial charge >= 0.3 is 0 Å². The van der Waals surface area contributed by atoms with Crippen molar-refractivity contribution in [1.82, 2.24) is 0 Å². The first kappa shape index (κ1) is 14.8. The Kier molecular flexibility index (Phi) is 3.49. The van der Waals surface area contributed by atoms with Crippen LogP contribution < -0.4 is 0 Å². The summed E-state index contributed by atoms with van der Waals surface area (Å²) < 4.78 is 6.42. The molecule has 0 aromatic heterocycles.